The van der Waals surface area contributed by atoms with Gasteiger partial charge in [0.25, 0.3) is 0 Å². The minimum Gasteiger partial charge on any atom is -0.504 e. The van der Waals surface area contributed by atoms with Crippen molar-refractivity contribution in [3.63, 3.8) is 0 Å². The number of para-hydroxylation sites is 4. The number of aromatic nitrogens is 2. The Morgan fingerprint density at radius 1 is 0.880 bits per heavy atom. The first-order valence-corrected chi connectivity index (χ1v) is 7.81. The average Bonchev–Trinajstić information content (AvgIpc) is 3.07. The van der Waals surface area contributed by atoms with Crippen molar-refractivity contribution in [2.75, 3.05) is 0 Å². The molecule has 0 saturated heterocycles. The standard InChI is InChI=1S/C20H15N3O2/c24-18-11-5-6-13(19(18)25)12-21-15-8-2-1-7-14(15)20-22-16-9-3-4-10-17(16)23-20/h1-12,24-25H,(H,22,23). The van der Waals surface area contributed by atoms with Crippen LogP contribution >= 0.6 is 0 Å². The molecule has 1 heterocycles. The van der Waals surface area contributed by atoms with E-state index in [9.17, 15) is 10.2 Å². The van der Waals surface area contributed by atoms with Crippen molar-refractivity contribution in [1.82, 2.24) is 9.97 Å². The molecular weight excluding hydrogens is 314 g/mol. The van der Waals surface area contributed by atoms with E-state index in [1.807, 2.05) is 48.5 Å². The van der Waals surface area contributed by atoms with Crippen molar-refractivity contribution in [2.45, 2.75) is 0 Å². The minimum absolute atomic E-state index is 0.172. The third-order valence-corrected chi connectivity index (χ3v) is 3.94. The van der Waals surface area contributed by atoms with Gasteiger partial charge < -0.3 is 15.2 Å². The van der Waals surface area contributed by atoms with Crippen LogP contribution in [0.4, 0.5) is 5.69 Å². The number of phenolic OH excluding ortho intramolecular Hbond substituents is 2. The van der Waals surface area contributed by atoms with E-state index in [2.05, 4.69) is 15.0 Å². The highest BCUT2D eigenvalue weighted by Crippen LogP contribution is 2.31. The van der Waals surface area contributed by atoms with Crippen molar-refractivity contribution in [3.8, 4) is 22.9 Å². The Kier molecular flexibility index (Phi) is 3.67. The number of imidazole rings is 1. The molecule has 1 aromatic heterocycles. The first kappa shape index (κ1) is 15.0. The lowest BCUT2D eigenvalue weighted by Gasteiger charge is -2.03. The van der Waals surface area contributed by atoms with Crippen molar-refractivity contribution in [2.24, 2.45) is 4.99 Å². The van der Waals surface area contributed by atoms with Crippen LogP contribution in [0.25, 0.3) is 22.4 Å². The van der Waals surface area contributed by atoms with Crippen molar-refractivity contribution in [3.05, 3.63) is 72.3 Å². The number of rotatable bonds is 3. The van der Waals surface area contributed by atoms with E-state index in [4.69, 9.17) is 0 Å². The molecule has 5 heteroatoms. The summed E-state index contributed by atoms with van der Waals surface area (Å²) in [5.74, 6) is 0.371. The fourth-order valence-corrected chi connectivity index (χ4v) is 2.66. The second-order valence-corrected chi connectivity index (χ2v) is 5.59. The van der Waals surface area contributed by atoms with Crippen LogP contribution in [0.1, 0.15) is 5.56 Å². The summed E-state index contributed by atoms with van der Waals surface area (Å²) in [4.78, 5) is 12.4. The van der Waals surface area contributed by atoms with E-state index in [0.717, 1.165) is 22.4 Å². The zero-order valence-corrected chi connectivity index (χ0v) is 13.2. The Balaban J connectivity index is 1.76. The molecule has 3 aromatic carbocycles. The molecule has 0 radical (unpaired) electrons. The van der Waals surface area contributed by atoms with Gasteiger partial charge in [-0.05, 0) is 36.4 Å². The second-order valence-electron chi connectivity index (χ2n) is 5.59. The number of nitrogens with one attached hydrogen (secondary N) is 1. The maximum Gasteiger partial charge on any atom is 0.166 e. The van der Waals surface area contributed by atoms with E-state index in [0.29, 0.717) is 11.3 Å². The molecule has 4 aromatic rings. The lowest BCUT2D eigenvalue weighted by Crippen LogP contribution is -1.85. The predicted octanol–water partition coefficient (Wildman–Crippen LogP) is 4.39. The molecule has 5 nitrogen and oxygen atoms in total. The lowest BCUT2D eigenvalue weighted by molar-refractivity contribution is 0.403. The predicted molar refractivity (Wildman–Crippen MR) is 98.6 cm³/mol. The summed E-state index contributed by atoms with van der Waals surface area (Å²) in [6, 6.07) is 20.2. The van der Waals surface area contributed by atoms with Gasteiger partial charge in [0.2, 0.25) is 0 Å². The quantitative estimate of drug-likeness (QED) is 0.385. The van der Waals surface area contributed by atoms with Crippen LogP contribution in [-0.4, -0.2) is 26.4 Å². The highest BCUT2D eigenvalue weighted by molar-refractivity contribution is 5.89. The second kappa shape index (κ2) is 6.13. The normalized spacial score (nSPS) is 11.4. The molecule has 0 aliphatic rings. The summed E-state index contributed by atoms with van der Waals surface area (Å²) in [7, 11) is 0. The molecule has 0 unspecified atom stereocenters. The Morgan fingerprint density at radius 3 is 2.56 bits per heavy atom. The fraction of sp³-hybridized carbons (Fsp3) is 0. The molecule has 122 valence electrons. The van der Waals surface area contributed by atoms with Gasteiger partial charge in [-0.2, -0.15) is 0 Å². The molecule has 25 heavy (non-hydrogen) atoms. The van der Waals surface area contributed by atoms with Gasteiger partial charge in [0.1, 0.15) is 5.82 Å². The lowest BCUT2D eigenvalue weighted by atomic mass is 10.1. The molecule has 0 saturated carbocycles. The summed E-state index contributed by atoms with van der Waals surface area (Å²) in [6.07, 6.45) is 1.52. The highest BCUT2D eigenvalue weighted by Gasteiger charge is 2.09. The number of benzene rings is 3. The molecule has 0 atom stereocenters. The third kappa shape index (κ3) is 2.83. The topological polar surface area (TPSA) is 81.5 Å². The highest BCUT2D eigenvalue weighted by atomic mass is 16.3. The van der Waals surface area contributed by atoms with Crippen LogP contribution in [0.3, 0.4) is 0 Å². The maximum absolute atomic E-state index is 9.90. The summed E-state index contributed by atoms with van der Waals surface area (Å²) in [6.45, 7) is 0. The van der Waals surface area contributed by atoms with Crippen LogP contribution in [0.15, 0.2) is 71.7 Å². The van der Waals surface area contributed by atoms with Crippen LogP contribution in [0.2, 0.25) is 0 Å². The van der Waals surface area contributed by atoms with E-state index in [-0.39, 0.29) is 11.5 Å². The van der Waals surface area contributed by atoms with Crippen LogP contribution in [0.5, 0.6) is 11.5 Å². The molecule has 0 bridgehead atoms. The minimum atomic E-state index is -0.188. The van der Waals surface area contributed by atoms with Crippen LogP contribution < -0.4 is 0 Å². The third-order valence-electron chi connectivity index (χ3n) is 3.94. The number of fused-ring (bicyclic) bond motifs is 1. The first-order valence-electron chi connectivity index (χ1n) is 7.81. The molecule has 4 rings (SSSR count). The van der Waals surface area contributed by atoms with E-state index in [1.54, 1.807) is 12.1 Å². The Morgan fingerprint density at radius 2 is 1.68 bits per heavy atom. The number of nitrogens with zero attached hydrogens (tertiary/aromatic N) is 2. The van der Waals surface area contributed by atoms with Crippen LogP contribution in [0, 0.1) is 0 Å². The van der Waals surface area contributed by atoms with Gasteiger partial charge in [-0.3, -0.25) is 4.99 Å². The fourth-order valence-electron chi connectivity index (χ4n) is 2.66. The Labute approximate surface area is 144 Å². The Hall–Kier alpha value is -3.60. The van der Waals surface area contributed by atoms with Crippen molar-refractivity contribution in [1.29, 1.82) is 0 Å². The maximum atomic E-state index is 9.90. The number of hydrogen-bond acceptors (Lipinski definition) is 4. The summed E-state index contributed by atoms with van der Waals surface area (Å²) in [5.41, 5.74) is 3.86. The molecular formula is C20H15N3O2. The summed E-state index contributed by atoms with van der Waals surface area (Å²) >= 11 is 0. The SMILES string of the molecule is Oc1cccc(C=Nc2ccccc2-c2nc3ccccc3[nH]2)c1O. The van der Waals surface area contributed by atoms with Crippen LogP contribution in [-0.2, 0) is 0 Å². The van der Waals surface area contributed by atoms with E-state index in [1.165, 1.54) is 12.3 Å². The number of aliphatic imine (C=N–C) groups is 1. The van der Waals surface area contributed by atoms with Gasteiger partial charge in [0.15, 0.2) is 11.5 Å². The zero-order chi connectivity index (χ0) is 17.2. The Bertz CT molecular complexity index is 1050. The number of phenols is 2. The first-order chi connectivity index (χ1) is 12.2. The largest absolute Gasteiger partial charge is 0.504 e. The number of aromatic hydroxyl groups is 2. The summed E-state index contributed by atoms with van der Waals surface area (Å²) < 4.78 is 0. The van der Waals surface area contributed by atoms with Crippen molar-refractivity contribution < 1.29 is 10.2 Å². The summed E-state index contributed by atoms with van der Waals surface area (Å²) in [5, 5.41) is 19.5. The number of aromatic amines is 1. The number of H-pyrrole nitrogens is 1. The molecule has 0 amide bonds. The smallest absolute Gasteiger partial charge is 0.166 e. The molecule has 3 N–H and O–H groups in total. The van der Waals surface area contributed by atoms with E-state index >= 15 is 0 Å². The molecule has 0 spiro atoms. The van der Waals surface area contributed by atoms with E-state index < -0.39 is 0 Å². The molecule has 0 aliphatic carbocycles. The van der Waals surface area contributed by atoms with Gasteiger partial charge in [-0.15, -0.1) is 0 Å². The van der Waals surface area contributed by atoms with Gasteiger partial charge in [-0.1, -0.05) is 30.3 Å². The van der Waals surface area contributed by atoms with Gasteiger partial charge in [0.05, 0.1) is 16.7 Å². The molecule has 0 fully saturated rings. The molecule has 0 aliphatic heterocycles. The number of hydrogen-bond donors (Lipinski definition) is 3. The van der Waals surface area contributed by atoms with Gasteiger partial charge in [-0.25, -0.2) is 4.98 Å². The average molecular weight is 329 g/mol. The zero-order valence-electron chi connectivity index (χ0n) is 13.2. The van der Waals surface area contributed by atoms with Gasteiger partial charge >= 0.3 is 0 Å². The monoisotopic (exact) mass is 329 g/mol. The van der Waals surface area contributed by atoms with Gasteiger partial charge in [0, 0.05) is 17.3 Å². The van der Waals surface area contributed by atoms with Crippen molar-refractivity contribution >= 4 is 22.9 Å².